The van der Waals surface area contributed by atoms with E-state index < -0.39 is 0 Å². The van der Waals surface area contributed by atoms with E-state index in [0.717, 1.165) is 4.90 Å². The Labute approximate surface area is 165 Å². The van der Waals surface area contributed by atoms with Crippen LogP contribution in [-0.4, -0.2) is 41.0 Å². The highest BCUT2D eigenvalue weighted by atomic mass is 32.2. The number of nitrogens with one attached hydrogen (secondary N) is 2. The van der Waals surface area contributed by atoms with Crippen LogP contribution in [0, 0.1) is 0 Å². The number of carbonyl (C=O) groups is 1. The third kappa shape index (κ3) is 4.48. The SMILES string of the molecule is O=C(Nc1nccs1)c1nc(Sc2nnc[nH]2)ccc1Sc1cncnc1. The number of carbonyl (C=O) groups excluding carboxylic acids is 1. The molecule has 2 N–H and O–H groups in total. The minimum atomic E-state index is -0.343. The Morgan fingerprint density at radius 2 is 2.07 bits per heavy atom. The van der Waals surface area contributed by atoms with Crippen molar-refractivity contribution in [2.24, 2.45) is 0 Å². The van der Waals surface area contributed by atoms with Crippen LogP contribution in [0.1, 0.15) is 10.5 Å². The average Bonchev–Trinajstić information content (AvgIpc) is 3.38. The van der Waals surface area contributed by atoms with E-state index in [1.165, 1.54) is 47.5 Å². The van der Waals surface area contributed by atoms with Crippen LogP contribution in [-0.2, 0) is 0 Å². The molecular formula is C15H10N8OS3. The average molecular weight is 415 g/mol. The first kappa shape index (κ1) is 17.6. The summed E-state index contributed by atoms with van der Waals surface area (Å²) in [6.45, 7) is 0. The number of pyridine rings is 1. The summed E-state index contributed by atoms with van der Waals surface area (Å²) in [5, 5.41) is 13.9. The lowest BCUT2D eigenvalue weighted by Gasteiger charge is -2.09. The molecule has 4 aromatic heterocycles. The summed E-state index contributed by atoms with van der Waals surface area (Å²) < 4.78 is 0. The maximum atomic E-state index is 12.8. The highest BCUT2D eigenvalue weighted by Gasteiger charge is 2.18. The van der Waals surface area contributed by atoms with Gasteiger partial charge in [-0.15, -0.1) is 21.5 Å². The van der Waals surface area contributed by atoms with Gasteiger partial charge >= 0.3 is 0 Å². The summed E-state index contributed by atoms with van der Waals surface area (Å²) in [6, 6.07) is 3.65. The van der Waals surface area contributed by atoms with Crippen molar-refractivity contribution in [3.8, 4) is 0 Å². The molecule has 0 radical (unpaired) electrons. The Bertz CT molecular complexity index is 1020. The summed E-state index contributed by atoms with van der Waals surface area (Å²) in [5.41, 5.74) is 0.281. The molecule has 4 aromatic rings. The number of hydrogen-bond donors (Lipinski definition) is 2. The van der Waals surface area contributed by atoms with Gasteiger partial charge in [0.25, 0.3) is 5.91 Å². The Balaban J connectivity index is 1.65. The molecule has 0 aliphatic heterocycles. The molecule has 9 nitrogen and oxygen atoms in total. The van der Waals surface area contributed by atoms with E-state index in [-0.39, 0.29) is 11.6 Å². The number of amides is 1. The Morgan fingerprint density at radius 1 is 1.19 bits per heavy atom. The third-order valence-electron chi connectivity index (χ3n) is 3.06. The van der Waals surface area contributed by atoms with Crippen LogP contribution in [0.3, 0.4) is 0 Å². The van der Waals surface area contributed by atoms with Gasteiger partial charge in [-0.05, 0) is 23.9 Å². The summed E-state index contributed by atoms with van der Waals surface area (Å²) >= 11 is 3.98. The lowest BCUT2D eigenvalue weighted by Crippen LogP contribution is -2.15. The summed E-state index contributed by atoms with van der Waals surface area (Å²) in [4.78, 5) is 33.7. The van der Waals surface area contributed by atoms with Gasteiger partial charge in [-0.2, -0.15) is 0 Å². The molecule has 0 aromatic carbocycles. The highest BCUT2D eigenvalue weighted by Crippen LogP contribution is 2.32. The number of aromatic amines is 1. The smallest absolute Gasteiger partial charge is 0.277 e. The topological polar surface area (TPSA) is 122 Å². The molecule has 0 saturated carbocycles. The van der Waals surface area contributed by atoms with Crippen molar-refractivity contribution in [2.75, 3.05) is 5.32 Å². The van der Waals surface area contributed by atoms with E-state index in [4.69, 9.17) is 0 Å². The van der Waals surface area contributed by atoms with Crippen LogP contribution < -0.4 is 5.32 Å². The van der Waals surface area contributed by atoms with Gasteiger partial charge in [-0.3, -0.25) is 10.1 Å². The molecule has 4 heterocycles. The lowest BCUT2D eigenvalue weighted by molar-refractivity contribution is 0.101. The summed E-state index contributed by atoms with van der Waals surface area (Å²) in [6.07, 6.45) is 7.92. The van der Waals surface area contributed by atoms with E-state index in [0.29, 0.717) is 20.2 Å². The first-order valence-electron chi connectivity index (χ1n) is 7.46. The van der Waals surface area contributed by atoms with Gasteiger partial charge in [0.1, 0.15) is 23.4 Å². The third-order valence-corrected chi connectivity index (χ3v) is 5.57. The second-order valence-corrected chi connectivity index (χ2v) is 7.88. The van der Waals surface area contributed by atoms with Crippen LogP contribution in [0.5, 0.6) is 0 Å². The van der Waals surface area contributed by atoms with E-state index in [1.54, 1.807) is 24.0 Å². The van der Waals surface area contributed by atoms with Gasteiger partial charge in [-0.25, -0.2) is 19.9 Å². The second kappa shape index (κ2) is 8.24. The molecule has 134 valence electrons. The standard InChI is InChI=1S/C15H10N8OS3/c24-13(22-14-18-3-4-25-14)12-10(26-9-5-16-7-17-6-9)1-2-11(21-12)27-15-19-8-20-23-15/h1-8H,(H,18,22,24)(H,19,20,23). The molecule has 0 bridgehead atoms. The zero-order chi connectivity index (χ0) is 18.5. The van der Waals surface area contributed by atoms with Crippen LogP contribution in [0.15, 0.2) is 68.7 Å². The molecule has 4 rings (SSSR count). The van der Waals surface area contributed by atoms with Crippen molar-refractivity contribution in [2.45, 2.75) is 20.0 Å². The van der Waals surface area contributed by atoms with E-state index in [2.05, 4.69) is 40.4 Å². The number of aromatic nitrogens is 7. The van der Waals surface area contributed by atoms with E-state index in [9.17, 15) is 4.79 Å². The normalized spacial score (nSPS) is 10.7. The predicted molar refractivity (Wildman–Crippen MR) is 101 cm³/mol. The fourth-order valence-corrected chi connectivity index (χ4v) is 4.03. The second-order valence-electron chi connectivity index (χ2n) is 4.86. The van der Waals surface area contributed by atoms with Crippen molar-refractivity contribution in [1.29, 1.82) is 0 Å². The Morgan fingerprint density at radius 3 is 2.81 bits per heavy atom. The first-order chi connectivity index (χ1) is 13.3. The van der Waals surface area contributed by atoms with Crippen LogP contribution in [0.25, 0.3) is 0 Å². The minimum Gasteiger partial charge on any atom is -0.322 e. The molecule has 0 fully saturated rings. The molecule has 0 saturated heterocycles. The predicted octanol–water partition coefficient (Wildman–Crippen LogP) is 3.00. The number of rotatable bonds is 6. The van der Waals surface area contributed by atoms with Crippen LogP contribution in [0.2, 0.25) is 0 Å². The number of hydrogen-bond acceptors (Lipinski definition) is 10. The van der Waals surface area contributed by atoms with Gasteiger partial charge in [0.05, 0.1) is 0 Å². The minimum absolute atomic E-state index is 0.281. The molecule has 27 heavy (non-hydrogen) atoms. The number of thiazole rings is 1. The van der Waals surface area contributed by atoms with Gasteiger partial charge in [-0.1, -0.05) is 11.8 Å². The fourth-order valence-electron chi connectivity index (χ4n) is 1.98. The molecule has 12 heteroatoms. The number of anilines is 1. The summed E-state index contributed by atoms with van der Waals surface area (Å²) in [5.74, 6) is -0.343. The quantitative estimate of drug-likeness (QED) is 0.490. The molecule has 0 atom stereocenters. The van der Waals surface area contributed by atoms with Gasteiger partial charge < -0.3 is 4.98 Å². The number of nitrogens with zero attached hydrogens (tertiary/aromatic N) is 6. The summed E-state index contributed by atoms with van der Waals surface area (Å²) in [7, 11) is 0. The van der Waals surface area contributed by atoms with Crippen molar-refractivity contribution < 1.29 is 4.79 Å². The van der Waals surface area contributed by atoms with Crippen LogP contribution >= 0.6 is 34.9 Å². The molecule has 0 unspecified atom stereocenters. The van der Waals surface area contributed by atoms with Gasteiger partial charge in [0, 0.05) is 33.8 Å². The van der Waals surface area contributed by atoms with Gasteiger partial charge in [0.2, 0.25) is 0 Å². The molecule has 0 spiro atoms. The zero-order valence-electron chi connectivity index (χ0n) is 13.4. The van der Waals surface area contributed by atoms with Crippen molar-refractivity contribution in [3.63, 3.8) is 0 Å². The monoisotopic (exact) mass is 414 g/mol. The lowest BCUT2D eigenvalue weighted by atomic mass is 10.3. The zero-order valence-corrected chi connectivity index (χ0v) is 15.9. The van der Waals surface area contributed by atoms with Crippen molar-refractivity contribution in [3.05, 3.63) is 54.5 Å². The molecular weight excluding hydrogens is 404 g/mol. The maximum Gasteiger partial charge on any atom is 0.277 e. The van der Waals surface area contributed by atoms with E-state index in [1.807, 2.05) is 12.1 Å². The first-order valence-corrected chi connectivity index (χ1v) is 9.98. The van der Waals surface area contributed by atoms with Crippen molar-refractivity contribution >= 4 is 45.9 Å². The highest BCUT2D eigenvalue weighted by molar-refractivity contribution is 7.99. The largest absolute Gasteiger partial charge is 0.322 e. The van der Waals surface area contributed by atoms with Crippen molar-refractivity contribution in [1.82, 2.24) is 35.1 Å². The molecule has 0 aliphatic carbocycles. The van der Waals surface area contributed by atoms with Crippen LogP contribution in [0.4, 0.5) is 5.13 Å². The number of H-pyrrole nitrogens is 1. The van der Waals surface area contributed by atoms with Gasteiger partial charge in [0.15, 0.2) is 10.3 Å². The fraction of sp³-hybridized carbons (Fsp3) is 0. The molecule has 1 amide bonds. The Hall–Kier alpha value is -2.83. The molecule has 0 aliphatic rings. The Kier molecular flexibility index (Phi) is 5.37. The van der Waals surface area contributed by atoms with E-state index >= 15 is 0 Å². The maximum absolute atomic E-state index is 12.8.